The van der Waals surface area contributed by atoms with Crippen LogP contribution in [0, 0.1) is 0 Å². The van der Waals surface area contributed by atoms with Crippen molar-refractivity contribution in [2.24, 2.45) is 0 Å². The molecule has 0 saturated carbocycles. The standard InChI is InChI=1S/C10H16N2O.H2O4S/c1-7(8(2)13)12-10-6-4-3-5-9(10)11;1-5(2,3)4/h3-8,12-13H,11H2,1-2H3;(H2,1,2,3,4). The van der Waals surface area contributed by atoms with Crippen molar-refractivity contribution < 1.29 is 22.6 Å². The minimum Gasteiger partial charge on any atom is -0.397 e. The van der Waals surface area contributed by atoms with Crippen LogP contribution in [0.15, 0.2) is 24.3 Å². The smallest absolute Gasteiger partial charge is 0.394 e. The molecule has 0 spiro atoms. The fourth-order valence-electron chi connectivity index (χ4n) is 0.994. The largest absolute Gasteiger partial charge is 0.397 e. The van der Waals surface area contributed by atoms with Crippen LogP contribution in [0.25, 0.3) is 0 Å². The van der Waals surface area contributed by atoms with Crippen LogP contribution >= 0.6 is 0 Å². The molecule has 1 aromatic carbocycles. The monoisotopic (exact) mass is 278 g/mol. The molecule has 0 heterocycles. The number of hydrogen-bond acceptors (Lipinski definition) is 5. The number of nitrogens with two attached hydrogens (primary N) is 1. The Morgan fingerprint density at radius 2 is 1.67 bits per heavy atom. The van der Waals surface area contributed by atoms with Crippen molar-refractivity contribution in [3.05, 3.63) is 24.3 Å². The van der Waals surface area contributed by atoms with Gasteiger partial charge >= 0.3 is 10.4 Å². The number of aliphatic hydroxyl groups is 1. The average Bonchev–Trinajstić information content (AvgIpc) is 2.18. The number of para-hydroxylation sites is 2. The third kappa shape index (κ3) is 8.76. The number of benzene rings is 1. The van der Waals surface area contributed by atoms with Crippen molar-refractivity contribution in [1.82, 2.24) is 0 Å². The van der Waals surface area contributed by atoms with Gasteiger partial charge in [0.15, 0.2) is 0 Å². The van der Waals surface area contributed by atoms with Gasteiger partial charge in [0.05, 0.1) is 17.5 Å². The minimum absolute atomic E-state index is 0.00435. The number of nitrogens with one attached hydrogen (secondary N) is 1. The van der Waals surface area contributed by atoms with Crippen molar-refractivity contribution in [3.63, 3.8) is 0 Å². The molecule has 0 aliphatic heterocycles. The summed E-state index contributed by atoms with van der Waals surface area (Å²) in [5.74, 6) is 0. The van der Waals surface area contributed by atoms with Gasteiger partial charge in [0.1, 0.15) is 0 Å². The number of nitrogen functional groups attached to an aromatic ring is 1. The molecule has 0 amide bonds. The summed E-state index contributed by atoms with van der Waals surface area (Å²) in [4.78, 5) is 0. The van der Waals surface area contributed by atoms with Crippen molar-refractivity contribution in [2.45, 2.75) is 26.0 Å². The molecular formula is C10H18N2O5S. The molecule has 0 aliphatic rings. The first-order valence-corrected chi connectivity index (χ1v) is 6.50. The van der Waals surface area contributed by atoms with Gasteiger partial charge in [-0.25, -0.2) is 0 Å². The second-order valence-corrected chi connectivity index (χ2v) is 4.60. The van der Waals surface area contributed by atoms with Gasteiger partial charge in [-0.3, -0.25) is 9.11 Å². The Kier molecular flexibility index (Phi) is 6.63. The molecule has 1 aromatic rings. The zero-order valence-corrected chi connectivity index (χ0v) is 10.9. The SMILES string of the molecule is CC(O)C(C)Nc1ccccc1N.O=S(=O)(O)O. The first kappa shape index (κ1) is 16.6. The molecule has 2 unspecified atom stereocenters. The lowest BCUT2D eigenvalue weighted by molar-refractivity contribution is 0.178. The number of hydrogen-bond donors (Lipinski definition) is 5. The topological polar surface area (TPSA) is 133 Å². The Balaban J connectivity index is 0.000000494. The number of anilines is 2. The second kappa shape index (κ2) is 7.17. The van der Waals surface area contributed by atoms with Gasteiger partial charge in [-0.1, -0.05) is 12.1 Å². The van der Waals surface area contributed by atoms with Gasteiger partial charge in [0.2, 0.25) is 0 Å². The van der Waals surface area contributed by atoms with Crippen LogP contribution < -0.4 is 11.1 Å². The first-order chi connectivity index (χ1) is 8.11. The molecule has 0 saturated heterocycles. The van der Waals surface area contributed by atoms with Crippen LogP contribution in [0.5, 0.6) is 0 Å². The van der Waals surface area contributed by atoms with E-state index in [0.29, 0.717) is 5.69 Å². The van der Waals surface area contributed by atoms with E-state index < -0.39 is 10.4 Å². The fraction of sp³-hybridized carbons (Fsp3) is 0.400. The van der Waals surface area contributed by atoms with Gasteiger partial charge in [-0.15, -0.1) is 0 Å². The first-order valence-electron chi connectivity index (χ1n) is 5.10. The van der Waals surface area contributed by atoms with Gasteiger partial charge in [0.25, 0.3) is 0 Å². The zero-order chi connectivity index (χ0) is 14.3. The van der Waals surface area contributed by atoms with Crippen molar-refractivity contribution in [1.29, 1.82) is 0 Å². The second-order valence-electron chi connectivity index (χ2n) is 3.71. The zero-order valence-electron chi connectivity index (χ0n) is 10.1. The number of aliphatic hydroxyl groups excluding tert-OH is 1. The lowest BCUT2D eigenvalue weighted by atomic mass is 10.2. The Hall–Kier alpha value is -1.35. The fourth-order valence-corrected chi connectivity index (χ4v) is 0.994. The molecule has 18 heavy (non-hydrogen) atoms. The summed E-state index contributed by atoms with van der Waals surface area (Å²) >= 11 is 0. The van der Waals surface area contributed by atoms with Crippen molar-refractivity contribution >= 4 is 21.8 Å². The summed E-state index contributed by atoms with van der Waals surface area (Å²) in [5, 5.41) is 12.4. The van der Waals surface area contributed by atoms with Gasteiger partial charge in [-0.2, -0.15) is 8.42 Å². The summed E-state index contributed by atoms with van der Waals surface area (Å²) in [6.07, 6.45) is -0.389. The van der Waals surface area contributed by atoms with Crippen molar-refractivity contribution in [3.8, 4) is 0 Å². The van der Waals surface area contributed by atoms with Crippen molar-refractivity contribution in [2.75, 3.05) is 11.1 Å². The molecule has 6 N–H and O–H groups in total. The lowest BCUT2D eigenvalue weighted by Crippen LogP contribution is -2.28. The normalized spacial score (nSPS) is 14.1. The van der Waals surface area contributed by atoms with Gasteiger partial charge < -0.3 is 16.2 Å². The molecule has 0 fully saturated rings. The number of rotatable bonds is 3. The maximum Gasteiger partial charge on any atom is 0.394 e. The predicted octanol–water partition coefficient (Wildman–Crippen LogP) is 0.797. The third-order valence-electron chi connectivity index (χ3n) is 2.07. The van der Waals surface area contributed by atoms with E-state index in [2.05, 4.69) is 5.32 Å². The molecular weight excluding hydrogens is 260 g/mol. The molecule has 0 aromatic heterocycles. The molecule has 0 radical (unpaired) electrons. The average molecular weight is 278 g/mol. The van der Waals surface area contributed by atoms with E-state index in [4.69, 9.17) is 23.3 Å². The highest BCUT2D eigenvalue weighted by atomic mass is 32.3. The maximum atomic E-state index is 9.27. The van der Waals surface area contributed by atoms with Crippen LogP contribution in [-0.4, -0.2) is 34.8 Å². The van der Waals surface area contributed by atoms with E-state index >= 15 is 0 Å². The van der Waals surface area contributed by atoms with E-state index in [1.807, 2.05) is 31.2 Å². The summed E-state index contributed by atoms with van der Waals surface area (Å²) < 4.78 is 31.6. The molecule has 2 atom stereocenters. The van der Waals surface area contributed by atoms with Crippen LogP contribution in [0.2, 0.25) is 0 Å². The van der Waals surface area contributed by atoms with Crippen LogP contribution in [0.4, 0.5) is 11.4 Å². The summed E-state index contributed by atoms with van der Waals surface area (Å²) in [7, 11) is -4.67. The Morgan fingerprint density at radius 1 is 1.22 bits per heavy atom. The molecule has 7 nitrogen and oxygen atoms in total. The van der Waals surface area contributed by atoms with E-state index in [0.717, 1.165) is 5.69 Å². The summed E-state index contributed by atoms with van der Waals surface area (Å²) in [6.45, 7) is 3.66. The van der Waals surface area contributed by atoms with E-state index in [1.54, 1.807) is 6.92 Å². The molecule has 0 aliphatic carbocycles. The maximum absolute atomic E-state index is 9.27. The highest BCUT2D eigenvalue weighted by Gasteiger charge is 2.08. The lowest BCUT2D eigenvalue weighted by Gasteiger charge is -2.18. The van der Waals surface area contributed by atoms with Crippen LogP contribution in [-0.2, 0) is 10.4 Å². The van der Waals surface area contributed by atoms with E-state index in [1.165, 1.54) is 0 Å². The highest BCUT2D eigenvalue weighted by molar-refractivity contribution is 7.79. The molecule has 0 bridgehead atoms. The van der Waals surface area contributed by atoms with Gasteiger partial charge in [-0.05, 0) is 26.0 Å². The Labute approximate surface area is 106 Å². The van der Waals surface area contributed by atoms with Gasteiger partial charge in [0, 0.05) is 6.04 Å². The Morgan fingerprint density at radius 3 is 2.06 bits per heavy atom. The predicted molar refractivity (Wildman–Crippen MR) is 69.8 cm³/mol. The third-order valence-corrected chi connectivity index (χ3v) is 2.07. The van der Waals surface area contributed by atoms with Crippen LogP contribution in [0.3, 0.4) is 0 Å². The summed E-state index contributed by atoms with van der Waals surface area (Å²) in [6, 6.07) is 7.52. The van der Waals surface area contributed by atoms with E-state index in [9.17, 15) is 5.11 Å². The Bertz CT molecular complexity index is 453. The van der Waals surface area contributed by atoms with Crippen LogP contribution in [0.1, 0.15) is 13.8 Å². The molecule has 8 heteroatoms. The highest BCUT2D eigenvalue weighted by Crippen LogP contribution is 2.18. The summed E-state index contributed by atoms with van der Waals surface area (Å²) in [5.41, 5.74) is 7.30. The quantitative estimate of drug-likeness (QED) is 0.408. The minimum atomic E-state index is -4.67. The molecule has 104 valence electrons. The van der Waals surface area contributed by atoms with E-state index in [-0.39, 0.29) is 12.1 Å². The molecule has 1 rings (SSSR count).